The molecule has 0 aliphatic rings. The SMILES string of the molecule is CCCCCCCCCc1ccc(C(=O)Oc2c(C#N)c(C#N)c(OC(=O)c3ccc(CCCCCCCCC)cc3)c3ccccc23)cc1. The number of aryl methyl sites for hydroxylation is 2. The number of nitrogens with zero attached hydrogens (tertiary/aromatic N) is 2. The Hall–Kier alpha value is -4.94. The summed E-state index contributed by atoms with van der Waals surface area (Å²) in [5, 5.41) is 21.2. The Morgan fingerprint density at radius 2 is 0.840 bits per heavy atom. The van der Waals surface area contributed by atoms with Gasteiger partial charge in [-0.3, -0.25) is 0 Å². The van der Waals surface area contributed by atoms with Crippen LogP contribution in [-0.2, 0) is 12.8 Å². The molecule has 0 aromatic heterocycles. The Bertz CT molecular complexity index is 1650. The molecule has 0 unspecified atom stereocenters. The Kier molecular flexibility index (Phi) is 15.6. The first-order valence-electron chi connectivity index (χ1n) is 18.5. The second-order valence-electron chi connectivity index (χ2n) is 13.1. The molecule has 0 aliphatic heterocycles. The number of hydrogen-bond acceptors (Lipinski definition) is 6. The smallest absolute Gasteiger partial charge is 0.343 e. The van der Waals surface area contributed by atoms with Gasteiger partial charge in [-0.05, 0) is 61.1 Å². The van der Waals surface area contributed by atoms with Crippen LogP contribution < -0.4 is 9.47 Å². The molecule has 4 aromatic rings. The fourth-order valence-electron chi connectivity index (χ4n) is 6.29. The number of ether oxygens (including phenoxy) is 2. The van der Waals surface area contributed by atoms with Crippen LogP contribution in [0.25, 0.3) is 10.8 Å². The van der Waals surface area contributed by atoms with E-state index in [4.69, 9.17) is 9.47 Å². The molecule has 4 aromatic carbocycles. The zero-order chi connectivity index (χ0) is 35.6. The first kappa shape index (κ1) is 37.9. The van der Waals surface area contributed by atoms with Crippen LogP contribution in [0.1, 0.15) is 147 Å². The predicted octanol–water partition coefficient (Wildman–Crippen LogP) is 11.6. The summed E-state index contributed by atoms with van der Waals surface area (Å²) in [6.45, 7) is 4.45. The van der Waals surface area contributed by atoms with Gasteiger partial charge in [-0.25, -0.2) is 9.59 Å². The van der Waals surface area contributed by atoms with Crippen LogP contribution in [0.3, 0.4) is 0 Å². The molecular weight excluding hydrogens is 620 g/mol. The molecule has 0 saturated heterocycles. The van der Waals surface area contributed by atoms with Gasteiger partial charge in [0.2, 0.25) is 0 Å². The highest BCUT2D eigenvalue weighted by Gasteiger charge is 2.26. The van der Waals surface area contributed by atoms with Crippen molar-refractivity contribution in [2.75, 3.05) is 0 Å². The number of fused-ring (bicyclic) bond motifs is 1. The summed E-state index contributed by atoms with van der Waals surface area (Å²) in [6, 6.07) is 25.5. The third-order valence-corrected chi connectivity index (χ3v) is 9.25. The van der Waals surface area contributed by atoms with Crippen molar-refractivity contribution in [2.24, 2.45) is 0 Å². The summed E-state index contributed by atoms with van der Waals surface area (Å²) in [6.07, 6.45) is 19.2. The van der Waals surface area contributed by atoms with E-state index in [1.54, 1.807) is 48.5 Å². The highest BCUT2D eigenvalue weighted by molar-refractivity contribution is 6.03. The van der Waals surface area contributed by atoms with E-state index >= 15 is 0 Å². The monoisotopic (exact) mass is 670 g/mol. The second kappa shape index (κ2) is 20.5. The molecule has 0 bridgehead atoms. The molecule has 4 rings (SSSR count). The van der Waals surface area contributed by atoms with Crippen molar-refractivity contribution in [3.63, 3.8) is 0 Å². The summed E-state index contributed by atoms with van der Waals surface area (Å²) in [7, 11) is 0. The summed E-state index contributed by atoms with van der Waals surface area (Å²) in [4.78, 5) is 26.7. The summed E-state index contributed by atoms with van der Waals surface area (Å²) in [5.41, 5.74) is 2.65. The van der Waals surface area contributed by atoms with E-state index in [0.717, 1.165) is 36.8 Å². The summed E-state index contributed by atoms with van der Waals surface area (Å²) >= 11 is 0. The zero-order valence-corrected chi connectivity index (χ0v) is 29.8. The molecule has 0 fully saturated rings. The number of unbranched alkanes of at least 4 members (excludes halogenated alkanes) is 12. The van der Waals surface area contributed by atoms with Gasteiger partial charge < -0.3 is 9.47 Å². The average molecular weight is 671 g/mol. The Morgan fingerprint density at radius 1 is 0.500 bits per heavy atom. The number of carbonyl (C=O) groups is 2. The van der Waals surface area contributed by atoms with Crippen LogP contribution in [0, 0.1) is 22.7 Å². The third-order valence-electron chi connectivity index (χ3n) is 9.25. The molecule has 260 valence electrons. The van der Waals surface area contributed by atoms with Gasteiger partial charge in [-0.1, -0.05) is 139 Å². The van der Waals surface area contributed by atoms with Crippen molar-refractivity contribution in [3.8, 4) is 23.6 Å². The van der Waals surface area contributed by atoms with Crippen LogP contribution in [0.4, 0.5) is 0 Å². The van der Waals surface area contributed by atoms with Crippen LogP contribution in [0.2, 0.25) is 0 Å². The molecule has 0 aliphatic carbocycles. The first-order valence-corrected chi connectivity index (χ1v) is 18.5. The molecule has 6 heteroatoms. The molecular formula is C44H50N2O4. The van der Waals surface area contributed by atoms with Gasteiger partial charge in [0.1, 0.15) is 23.3 Å². The zero-order valence-electron chi connectivity index (χ0n) is 29.8. The van der Waals surface area contributed by atoms with Crippen LogP contribution in [-0.4, -0.2) is 11.9 Å². The molecule has 0 N–H and O–H groups in total. The fraction of sp³-hybridized carbons (Fsp3) is 0.409. The van der Waals surface area contributed by atoms with Crippen molar-refractivity contribution in [1.82, 2.24) is 0 Å². The van der Waals surface area contributed by atoms with Gasteiger partial charge >= 0.3 is 11.9 Å². The van der Waals surface area contributed by atoms with Gasteiger partial charge in [0.15, 0.2) is 11.5 Å². The highest BCUT2D eigenvalue weighted by atomic mass is 16.5. The van der Waals surface area contributed by atoms with Crippen molar-refractivity contribution < 1.29 is 19.1 Å². The number of hydrogen-bond donors (Lipinski definition) is 0. The largest absolute Gasteiger partial charge is 0.421 e. The van der Waals surface area contributed by atoms with Gasteiger partial charge in [-0.2, -0.15) is 10.5 Å². The van der Waals surface area contributed by atoms with E-state index in [1.807, 2.05) is 36.4 Å². The number of carbonyl (C=O) groups excluding carboxylic acids is 2. The second-order valence-corrected chi connectivity index (χ2v) is 13.1. The quantitative estimate of drug-likeness (QED) is 0.0527. The van der Waals surface area contributed by atoms with Gasteiger partial charge in [0, 0.05) is 10.8 Å². The minimum absolute atomic E-state index is 0.0358. The highest BCUT2D eigenvalue weighted by Crippen LogP contribution is 2.41. The van der Waals surface area contributed by atoms with Crippen LogP contribution >= 0.6 is 0 Å². The van der Waals surface area contributed by atoms with Crippen LogP contribution in [0.15, 0.2) is 72.8 Å². The van der Waals surface area contributed by atoms with E-state index in [1.165, 1.54) is 77.0 Å². The molecule has 50 heavy (non-hydrogen) atoms. The number of benzene rings is 4. The van der Waals surface area contributed by atoms with E-state index in [-0.39, 0.29) is 22.6 Å². The molecule has 6 nitrogen and oxygen atoms in total. The molecule has 0 atom stereocenters. The molecule has 0 radical (unpaired) electrons. The fourth-order valence-corrected chi connectivity index (χ4v) is 6.29. The molecule has 0 saturated carbocycles. The van der Waals surface area contributed by atoms with Crippen molar-refractivity contribution in [1.29, 1.82) is 10.5 Å². The standard InChI is InChI=1S/C44H50N2O4/c1-3-5-7-9-11-13-15-19-33-23-27-35(28-24-33)43(47)49-41-37-21-17-18-22-38(37)42(40(32-46)39(41)31-45)50-44(48)36-29-25-34(26-30-36)20-16-14-12-10-8-6-4-2/h17-18,21-30H,3-16,19-20H2,1-2H3. The minimum atomic E-state index is -0.639. The average Bonchev–Trinajstić information content (AvgIpc) is 3.15. The first-order chi connectivity index (χ1) is 24.5. The third kappa shape index (κ3) is 10.8. The number of nitriles is 2. The predicted molar refractivity (Wildman–Crippen MR) is 200 cm³/mol. The molecule has 0 heterocycles. The Balaban J connectivity index is 1.45. The normalized spacial score (nSPS) is 10.8. The Morgan fingerprint density at radius 3 is 1.18 bits per heavy atom. The Labute approximate surface area is 298 Å². The van der Waals surface area contributed by atoms with Crippen molar-refractivity contribution in [3.05, 3.63) is 106 Å². The van der Waals surface area contributed by atoms with Crippen molar-refractivity contribution >= 4 is 22.7 Å². The molecule has 0 spiro atoms. The summed E-state index contributed by atoms with van der Waals surface area (Å²) in [5.74, 6) is -1.35. The minimum Gasteiger partial charge on any atom is -0.421 e. The maximum absolute atomic E-state index is 13.3. The van der Waals surface area contributed by atoms with E-state index < -0.39 is 11.9 Å². The van der Waals surface area contributed by atoms with Gasteiger partial charge in [0.05, 0.1) is 11.1 Å². The van der Waals surface area contributed by atoms with E-state index in [2.05, 4.69) is 13.8 Å². The van der Waals surface area contributed by atoms with Crippen molar-refractivity contribution in [2.45, 2.75) is 117 Å². The lowest BCUT2D eigenvalue weighted by molar-refractivity contribution is 0.0722. The molecule has 0 amide bonds. The lowest BCUT2D eigenvalue weighted by atomic mass is 9.98. The summed E-state index contributed by atoms with van der Waals surface area (Å²) < 4.78 is 11.7. The number of rotatable bonds is 20. The lowest BCUT2D eigenvalue weighted by Crippen LogP contribution is -2.13. The maximum atomic E-state index is 13.3. The van der Waals surface area contributed by atoms with E-state index in [0.29, 0.717) is 21.9 Å². The lowest BCUT2D eigenvalue weighted by Gasteiger charge is -2.16. The maximum Gasteiger partial charge on any atom is 0.343 e. The van der Waals surface area contributed by atoms with Gasteiger partial charge in [0.25, 0.3) is 0 Å². The van der Waals surface area contributed by atoms with Crippen LogP contribution in [0.5, 0.6) is 11.5 Å². The van der Waals surface area contributed by atoms with Gasteiger partial charge in [-0.15, -0.1) is 0 Å². The van der Waals surface area contributed by atoms with E-state index in [9.17, 15) is 20.1 Å². The number of esters is 2. The topological polar surface area (TPSA) is 100 Å².